The van der Waals surface area contributed by atoms with Crippen LogP contribution in [0.4, 0.5) is 0 Å². The fourth-order valence-corrected chi connectivity index (χ4v) is 4.19. The molecule has 1 fully saturated rings. The van der Waals surface area contributed by atoms with Crippen molar-refractivity contribution < 1.29 is 14.1 Å². The highest BCUT2D eigenvalue weighted by atomic mass is 79.9. The number of amides is 1. The van der Waals surface area contributed by atoms with Crippen LogP contribution in [-0.4, -0.2) is 42.7 Å². The van der Waals surface area contributed by atoms with Gasteiger partial charge in [-0.05, 0) is 55.8 Å². The Labute approximate surface area is 190 Å². The van der Waals surface area contributed by atoms with Crippen molar-refractivity contribution in [1.29, 1.82) is 0 Å². The van der Waals surface area contributed by atoms with E-state index in [1.807, 2.05) is 36.4 Å². The molecule has 162 valence electrons. The Hall–Kier alpha value is -2.64. The lowest BCUT2D eigenvalue weighted by Gasteiger charge is -2.35. The number of rotatable bonds is 7. The maximum atomic E-state index is 12.8. The van der Waals surface area contributed by atoms with Crippen LogP contribution in [0.15, 0.2) is 63.6 Å². The van der Waals surface area contributed by atoms with Crippen LogP contribution in [-0.2, 0) is 0 Å². The Bertz CT molecular complexity index is 996. The second-order valence-electron chi connectivity index (χ2n) is 7.68. The van der Waals surface area contributed by atoms with Gasteiger partial charge in [0.15, 0.2) is 11.5 Å². The van der Waals surface area contributed by atoms with Crippen LogP contribution in [0.2, 0.25) is 0 Å². The zero-order valence-corrected chi connectivity index (χ0v) is 19.1. The molecule has 3 aromatic rings. The molecule has 0 saturated carbocycles. The van der Waals surface area contributed by atoms with Gasteiger partial charge in [-0.3, -0.25) is 9.69 Å². The summed E-state index contributed by atoms with van der Waals surface area (Å²) in [4.78, 5) is 15.2. The average molecular weight is 484 g/mol. The molecule has 0 radical (unpaired) electrons. The summed E-state index contributed by atoms with van der Waals surface area (Å²) >= 11 is 3.42. The number of aromatic nitrogens is 1. The molecule has 1 unspecified atom stereocenters. The van der Waals surface area contributed by atoms with E-state index in [1.54, 1.807) is 13.2 Å². The minimum Gasteiger partial charge on any atom is -0.497 e. The number of carbonyl (C=O) groups excluding carboxylic acids is 1. The van der Waals surface area contributed by atoms with Gasteiger partial charge in [0.2, 0.25) is 0 Å². The molecule has 1 amide bonds. The van der Waals surface area contributed by atoms with E-state index in [0.717, 1.165) is 28.9 Å². The molecule has 1 N–H and O–H groups in total. The lowest BCUT2D eigenvalue weighted by Crippen LogP contribution is -2.40. The monoisotopic (exact) mass is 483 g/mol. The van der Waals surface area contributed by atoms with Gasteiger partial charge in [0.1, 0.15) is 5.75 Å². The van der Waals surface area contributed by atoms with Crippen LogP contribution in [0.5, 0.6) is 5.75 Å². The number of benzene rings is 2. The van der Waals surface area contributed by atoms with Gasteiger partial charge in [-0.25, -0.2) is 0 Å². The molecule has 1 aromatic heterocycles. The molecule has 31 heavy (non-hydrogen) atoms. The summed E-state index contributed by atoms with van der Waals surface area (Å²) in [5, 5.41) is 7.03. The minimum atomic E-state index is -0.234. The highest BCUT2D eigenvalue weighted by molar-refractivity contribution is 9.10. The summed E-state index contributed by atoms with van der Waals surface area (Å²) in [5.41, 5.74) is 2.32. The third kappa shape index (κ3) is 5.35. The third-order valence-electron chi connectivity index (χ3n) is 5.66. The number of nitrogens with one attached hydrogen (secondary N) is 1. The minimum absolute atomic E-state index is 0.105. The van der Waals surface area contributed by atoms with E-state index >= 15 is 0 Å². The molecule has 1 aliphatic rings. The van der Waals surface area contributed by atoms with E-state index in [2.05, 4.69) is 43.4 Å². The lowest BCUT2D eigenvalue weighted by molar-refractivity contribution is 0.0915. The zero-order valence-electron chi connectivity index (χ0n) is 17.5. The maximum absolute atomic E-state index is 12.8. The number of hydrogen-bond acceptors (Lipinski definition) is 5. The summed E-state index contributed by atoms with van der Waals surface area (Å²) in [6.45, 7) is 2.57. The number of ether oxygens (including phenoxy) is 1. The van der Waals surface area contributed by atoms with Crippen molar-refractivity contribution in [2.45, 2.75) is 25.3 Å². The van der Waals surface area contributed by atoms with Gasteiger partial charge < -0.3 is 14.6 Å². The Morgan fingerprint density at radius 2 is 1.84 bits per heavy atom. The molecular weight excluding hydrogens is 458 g/mol. The second-order valence-corrected chi connectivity index (χ2v) is 8.59. The number of piperidine rings is 1. The second kappa shape index (κ2) is 10.1. The first kappa shape index (κ1) is 21.6. The summed E-state index contributed by atoms with van der Waals surface area (Å²) in [5.74, 6) is 1.16. The van der Waals surface area contributed by atoms with Crippen molar-refractivity contribution in [3.8, 4) is 17.1 Å². The van der Waals surface area contributed by atoms with Crippen LogP contribution in [0.1, 0.15) is 41.4 Å². The topological polar surface area (TPSA) is 67.6 Å². The number of hydrogen-bond donors (Lipinski definition) is 1. The summed E-state index contributed by atoms with van der Waals surface area (Å²) < 4.78 is 11.7. The van der Waals surface area contributed by atoms with Crippen molar-refractivity contribution in [1.82, 2.24) is 15.4 Å². The van der Waals surface area contributed by atoms with Gasteiger partial charge in [0, 0.05) is 22.6 Å². The van der Waals surface area contributed by atoms with E-state index in [9.17, 15) is 4.79 Å². The average Bonchev–Trinajstić information content (AvgIpc) is 3.31. The largest absolute Gasteiger partial charge is 0.497 e. The summed E-state index contributed by atoms with van der Waals surface area (Å²) in [6.07, 6.45) is 3.62. The molecule has 0 aliphatic carbocycles. The molecule has 0 spiro atoms. The summed E-state index contributed by atoms with van der Waals surface area (Å²) in [7, 11) is 1.66. The van der Waals surface area contributed by atoms with Crippen LogP contribution in [0.3, 0.4) is 0 Å². The van der Waals surface area contributed by atoms with Gasteiger partial charge in [-0.1, -0.05) is 51.8 Å². The molecule has 4 rings (SSSR count). The van der Waals surface area contributed by atoms with Gasteiger partial charge in [0.25, 0.3) is 5.91 Å². The first-order valence-corrected chi connectivity index (χ1v) is 11.3. The van der Waals surface area contributed by atoms with Gasteiger partial charge in [-0.2, -0.15) is 0 Å². The fourth-order valence-electron chi connectivity index (χ4n) is 3.93. The number of methoxy groups -OCH3 is 1. The fraction of sp³-hybridized carbons (Fsp3) is 0.333. The molecule has 1 saturated heterocycles. The normalized spacial score (nSPS) is 15.4. The first-order chi connectivity index (χ1) is 15.1. The highest BCUT2D eigenvalue weighted by Gasteiger charge is 2.24. The van der Waals surface area contributed by atoms with E-state index in [1.165, 1.54) is 24.8 Å². The molecule has 1 aliphatic heterocycles. The number of likely N-dealkylation sites (tertiary alicyclic amines) is 1. The Morgan fingerprint density at radius 3 is 2.52 bits per heavy atom. The predicted octanol–water partition coefficient (Wildman–Crippen LogP) is 5.07. The van der Waals surface area contributed by atoms with E-state index in [0.29, 0.717) is 12.3 Å². The lowest BCUT2D eigenvalue weighted by atomic mass is 10.0. The zero-order chi connectivity index (χ0) is 21.6. The predicted molar refractivity (Wildman–Crippen MR) is 123 cm³/mol. The Balaban J connectivity index is 1.46. The highest BCUT2D eigenvalue weighted by Crippen LogP contribution is 2.26. The molecule has 7 heteroatoms. The van der Waals surface area contributed by atoms with Gasteiger partial charge in [-0.15, -0.1) is 0 Å². The van der Waals surface area contributed by atoms with Gasteiger partial charge >= 0.3 is 0 Å². The number of halogens is 1. The quantitative estimate of drug-likeness (QED) is 0.507. The maximum Gasteiger partial charge on any atom is 0.273 e. The van der Waals surface area contributed by atoms with Crippen LogP contribution < -0.4 is 10.1 Å². The van der Waals surface area contributed by atoms with E-state index in [4.69, 9.17) is 9.26 Å². The third-order valence-corrected chi connectivity index (χ3v) is 6.19. The molecule has 2 aromatic carbocycles. The van der Waals surface area contributed by atoms with Crippen LogP contribution >= 0.6 is 15.9 Å². The molecule has 6 nitrogen and oxygen atoms in total. The summed E-state index contributed by atoms with van der Waals surface area (Å²) in [6, 6.07) is 17.6. The molecule has 2 heterocycles. The van der Waals surface area contributed by atoms with Crippen molar-refractivity contribution in [3.63, 3.8) is 0 Å². The van der Waals surface area contributed by atoms with Crippen molar-refractivity contribution in [2.75, 3.05) is 26.7 Å². The van der Waals surface area contributed by atoms with Crippen molar-refractivity contribution in [3.05, 3.63) is 70.3 Å². The molecule has 1 atom stereocenters. The standard InChI is InChI=1S/C24H26BrN3O3/c1-30-20-11-7-17(8-12-20)22(28-13-3-2-4-14-28)16-26-24(29)21-15-23(31-27-21)18-5-9-19(25)10-6-18/h5-12,15,22H,2-4,13-14,16H2,1H3,(H,26,29). The smallest absolute Gasteiger partial charge is 0.273 e. The first-order valence-electron chi connectivity index (χ1n) is 10.5. The number of nitrogens with zero attached hydrogens (tertiary/aromatic N) is 2. The van der Waals surface area contributed by atoms with E-state index in [-0.39, 0.29) is 17.6 Å². The molecule has 0 bridgehead atoms. The van der Waals surface area contributed by atoms with Crippen LogP contribution in [0, 0.1) is 0 Å². The van der Waals surface area contributed by atoms with Crippen molar-refractivity contribution in [2.24, 2.45) is 0 Å². The van der Waals surface area contributed by atoms with Crippen LogP contribution in [0.25, 0.3) is 11.3 Å². The van der Waals surface area contributed by atoms with Gasteiger partial charge in [0.05, 0.1) is 13.2 Å². The van der Waals surface area contributed by atoms with Crippen molar-refractivity contribution >= 4 is 21.8 Å². The Morgan fingerprint density at radius 1 is 1.13 bits per heavy atom. The SMILES string of the molecule is COc1ccc(C(CNC(=O)c2cc(-c3ccc(Br)cc3)on2)N2CCCCC2)cc1. The molecular formula is C24H26BrN3O3. The Kier molecular flexibility index (Phi) is 7.04. The van der Waals surface area contributed by atoms with E-state index < -0.39 is 0 Å². The number of carbonyl (C=O) groups is 1.